The molecule has 0 bridgehead atoms. The highest BCUT2D eigenvalue weighted by molar-refractivity contribution is 5.99. The summed E-state index contributed by atoms with van der Waals surface area (Å²) < 4.78 is 54.5. The van der Waals surface area contributed by atoms with E-state index in [9.17, 15) is 18.0 Å². The van der Waals surface area contributed by atoms with Gasteiger partial charge in [0.25, 0.3) is 5.91 Å². The molecule has 1 saturated heterocycles. The van der Waals surface area contributed by atoms with Gasteiger partial charge in [0.1, 0.15) is 5.71 Å². The van der Waals surface area contributed by atoms with E-state index in [1.807, 2.05) is 19.1 Å². The second-order valence-corrected chi connectivity index (χ2v) is 8.92. The minimum Gasteiger partial charge on any atom is -0.331 e. The molecule has 176 valence electrons. The second-order valence-electron chi connectivity index (χ2n) is 8.92. The highest BCUT2D eigenvalue weighted by atomic mass is 19.4. The van der Waals surface area contributed by atoms with E-state index < -0.39 is 17.6 Å². The predicted molar refractivity (Wildman–Crippen MR) is 121 cm³/mol. The first-order valence-electron chi connectivity index (χ1n) is 10.9. The number of allylic oxidation sites excluding steroid dienone is 2. The Morgan fingerprint density at radius 1 is 1.06 bits per heavy atom. The van der Waals surface area contributed by atoms with Gasteiger partial charge in [0.2, 0.25) is 0 Å². The summed E-state index contributed by atoms with van der Waals surface area (Å²) in [7, 11) is 0. The summed E-state index contributed by atoms with van der Waals surface area (Å²) >= 11 is 0. The zero-order valence-corrected chi connectivity index (χ0v) is 19.1. The van der Waals surface area contributed by atoms with Crippen molar-refractivity contribution in [1.82, 2.24) is 4.90 Å². The Labute approximate surface area is 195 Å². The highest BCUT2D eigenvalue weighted by Crippen LogP contribution is 2.39. The van der Waals surface area contributed by atoms with E-state index in [4.69, 9.17) is 5.26 Å². The van der Waals surface area contributed by atoms with Gasteiger partial charge in [-0.3, -0.25) is 9.79 Å². The zero-order chi connectivity index (χ0) is 24.8. The molecule has 0 spiro atoms. The number of likely N-dealkylation sites (tertiary alicyclic amines) is 1. The number of amides is 1. The fourth-order valence-electron chi connectivity index (χ4n) is 4.59. The van der Waals surface area contributed by atoms with Crippen molar-refractivity contribution in [1.29, 1.82) is 5.26 Å². The Balaban J connectivity index is 1.59. The molecule has 8 heteroatoms. The number of rotatable bonds is 3. The summed E-state index contributed by atoms with van der Waals surface area (Å²) in [6, 6.07) is 11.7. The molecule has 4 rings (SSSR count). The Morgan fingerprint density at radius 3 is 2.26 bits per heavy atom. The molecule has 2 aliphatic heterocycles. The SMILES string of the molecule is CC1=C(c2cc(C(=O)N3CC(F)(c4ccc(C#N)cc4)C3)c(C)cc2C)CCC(C(F)(F)F)=N1. The van der Waals surface area contributed by atoms with Crippen LogP contribution in [0.5, 0.6) is 0 Å². The van der Waals surface area contributed by atoms with Gasteiger partial charge in [-0.15, -0.1) is 0 Å². The van der Waals surface area contributed by atoms with Crippen molar-refractivity contribution in [3.05, 3.63) is 75.5 Å². The normalized spacial score (nSPS) is 17.7. The molecule has 0 aromatic heterocycles. The molecule has 1 fully saturated rings. The van der Waals surface area contributed by atoms with Crippen molar-refractivity contribution in [3.63, 3.8) is 0 Å². The summed E-state index contributed by atoms with van der Waals surface area (Å²) in [5, 5.41) is 8.91. The predicted octanol–water partition coefficient (Wildman–Crippen LogP) is 6.02. The Hall–Kier alpha value is -3.47. The first-order chi connectivity index (χ1) is 15.9. The summed E-state index contributed by atoms with van der Waals surface area (Å²) in [5.41, 5.74) is 1.98. The molecule has 1 amide bonds. The Bertz CT molecular complexity index is 1260. The molecule has 0 N–H and O–H groups in total. The van der Waals surface area contributed by atoms with Crippen LogP contribution in [0, 0.1) is 25.2 Å². The number of aliphatic imine (C=N–C) groups is 1. The number of halogens is 4. The van der Waals surface area contributed by atoms with Gasteiger partial charge in [-0.2, -0.15) is 18.4 Å². The second kappa shape index (κ2) is 8.39. The lowest BCUT2D eigenvalue weighted by molar-refractivity contribution is -0.0605. The van der Waals surface area contributed by atoms with Crippen LogP contribution in [0.25, 0.3) is 5.57 Å². The molecule has 0 unspecified atom stereocenters. The fraction of sp³-hybridized carbons (Fsp3) is 0.346. The third-order valence-electron chi connectivity index (χ3n) is 6.51. The van der Waals surface area contributed by atoms with E-state index in [0.29, 0.717) is 27.8 Å². The van der Waals surface area contributed by atoms with Crippen LogP contribution in [-0.2, 0) is 5.67 Å². The van der Waals surface area contributed by atoms with E-state index >= 15 is 4.39 Å². The summed E-state index contributed by atoms with van der Waals surface area (Å²) in [6.07, 6.45) is -4.49. The third kappa shape index (κ3) is 4.23. The van der Waals surface area contributed by atoms with Gasteiger partial charge < -0.3 is 4.90 Å². The maximum Gasteiger partial charge on any atom is 0.429 e. The number of alkyl halides is 4. The lowest BCUT2D eigenvalue weighted by Gasteiger charge is -2.45. The molecule has 0 aliphatic carbocycles. The molecule has 0 radical (unpaired) electrons. The van der Waals surface area contributed by atoms with Crippen LogP contribution in [0.15, 0.2) is 47.1 Å². The van der Waals surface area contributed by atoms with E-state index in [-0.39, 0.29) is 37.5 Å². The van der Waals surface area contributed by atoms with Crippen molar-refractivity contribution in [2.24, 2.45) is 4.99 Å². The molecule has 2 aliphatic rings. The zero-order valence-electron chi connectivity index (χ0n) is 19.1. The number of nitriles is 1. The fourth-order valence-corrected chi connectivity index (χ4v) is 4.59. The van der Waals surface area contributed by atoms with E-state index in [1.54, 1.807) is 44.2 Å². The Morgan fingerprint density at radius 2 is 1.71 bits per heavy atom. The average Bonchev–Trinajstić information content (AvgIpc) is 2.76. The van der Waals surface area contributed by atoms with E-state index in [1.165, 1.54) is 4.90 Å². The number of benzene rings is 2. The minimum absolute atomic E-state index is 0.110. The summed E-state index contributed by atoms with van der Waals surface area (Å²) in [5.74, 6) is -0.325. The van der Waals surface area contributed by atoms with Gasteiger partial charge in [0.05, 0.1) is 24.7 Å². The van der Waals surface area contributed by atoms with Crippen molar-refractivity contribution in [2.45, 2.75) is 45.5 Å². The average molecular weight is 469 g/mol. The van der Waals surface area contributed by atoms with Crippen LogP contribution in [-0.4, -0.2) is 35.8 Å². The topological polar surface area (TPSA) is 56.5 Å². The van der Waals surface area contributed by atoms with E-state index in [2.05, 4.69) is 4.99 Å². The largest absolute Gasteiger partial charge is 0.429 e. The Kier molecular flexibility index (Phi) is 5.84. The number of carbonyl (C=O) groups is 1. The molecule has 0 saturated carbocycles. The van der Waals surface area contributed by atoms with Gasteiger partial charge in [-0.25, -0.2) is 4.39 Å². The summed E-state index contributed by atoms with van der Waals surface area (Å²) in [4.78, 5) is 18.4. The monoisotopic (exact) mass is 469 g/mol. The van der Waals surface area contributed by atoms with Crippen LogP contribution in [0.1, 0.15) is 57.9 Å². The molecule has 2 aromatic rings. The minimum atomic E-state index is -4.46. The highest BCUT2D eigenvalue weighted by Gasteiger charge is 2.47. The molecule has 34 heavy (non-hydrogen) atoms. The number of hydrogen-bond acceptors (Lipinski definition) is 3. The molecular weight excluding hydrogens is 446 g/mol. The van der Waals surface area contributed by atoms with Gasteiger partial charge in [0.15, 0.2) is 5.67 Å². The first kappa shape index (κ1) is 23.7. The maximum absolute atomic E-state index is 15.3. The summed E-state index contributed by atoms with van der Waals surface area (Å²) in [6.45, 7) is 4.96. The van der Waals surface area contributed by atoms with E-state index in [0.717, 1.165) is 11.1 Å². The van der Waals surface area contributed by atoms with Gasteiger partial charge in [-0.05, 0) is 79.6 Å². The van der Waals surface area contributed by atoms with Crippen molar-refractivity contribution in [2.75, 3.05) is 13.1 Å². The molecule has 2 heterocycles. The maximum atomic E-state index is 15.3. The van der Waals surface area contributed by atoms with Gasteiger partial charge >= 0.3 is 6.18 Å². The number of hydrogen-bond donors (Lipinski definition) is 0. The standard InChI is InChI=1S/C26H23F4N3O/c1-15-10-16(2)22(11-21(15)20-8-9-23(26(28,29)30)32-17(20)3)24(34)33-13-25(27,14-33)19-6-4-18(12-31)5-7-19/h4-7,10-11H,8-9,13-14H2,1-3H3. The quantitative estimate of drug-likeness (QED) is 0.516. The van der Waals surface area contributed by atoms with Crippen LogP contribution >= 0.6 is 0 Å². The first-order valence-corrected chi connectivity index (χ1v) is 10.9. The number of nitrogens with zero attached hydrogens (tertiary/aromatic N) is 3. The van der Waals surface area contributed by atoms with Crippen LogP contribution in [0.4, 0.5) is 17.6 Å². The van der Waals surface area contributed by atoms with Crippen LogP contribution in [0.2, 0.25) is 0 Å². The third-order valence-corrected chi connectivity index (χ3v) is 6.51. The molecule has 0 atom stereocenters. The molecule has 2 aromatic carbocycles. The van der Waals surface area contributed by atoms with Crippen molar-refractivity contribution >= 4 is 17.2 Å². The smallest absolute Gasteiger partial charge is 0.331 e. The molecular formula is C26H23F4N3O. The van der Waals surface area contributed by atoms with Gasteiger partial charge in [-0.1, -0.05) is 18.2 Å². The van der Waals surface area contributed by atoms with Crippen molar-refractivity contribution in [3.8, 4) is 6.07 Å². The number of aryl methyl sites for hydroxylation is 2. The van der Waals surface area contributed by atoms with Gasteiger partial charge in [0, 0.05) is 11.3 Å². The van der Waals surface area contributed by atoms with Crippen LogP contribution in [0.3, 0.4) is 0 Å². The molecule has 4 nitrogen and oxygen atoms in total. The lowest BCUT2D eigenvalue weighted by atomic mass is 9.85. The van der Waals surface area contributed by atoms with Crippen LogP contribution < -0.4 is 0 Å². The van der Waals surface area contributed by atoms with Crippen molar-refractivity contribution < 1.29 is 22.4 Å². The lowest BCUT2D eigenvalue weighted by Crippen LogP contribution is -2.58. The number of carbonyl (C=O) groups excluding carboxylic acids is 1.